The SMILES string of the molecule is C/C=C/C1=C(Cl)[C@H](O)C[C@@H]1O. The maximum Gasteiger partial charge on any atom is 0.0927 e. The Balaban J connectivity index is 2.87. The maximum absolute atomic E-state index is 9.31. The molecule has 0 aliphatic heterocycles. The van der Waals surface area contributed by atoms with Crippen molar-refractivity contribution in [3.05, 3.63) is 22.8 Å². The predicted molar refractivity (Wildman–Crippen MR) is 44.3 cm³/mol. The minimum Gasteiger partial charge on any atom is -0.388 e. The van der Waals surface area contributed by atoms with Crippen LogP contribution in [0.5, 0.6) is 0 Å². The first-order valence-electron chi connectivity index (χ1n) is 3.55. The van der Waals surface area contributed by atoms with Crippen LogP contribution in [-0.2, 0) is 0 Å². The topological polar surface area (TPSA) is 40.5 Å². The monoisotopic (exact) mass is 174 g/mol. The summed E-state index contributed by atoms with van der Waals surface area (Å²) in [5, 5.41) is 18.9. The fraction of sp³-hybridized carbons (Fsp3) is 0.500. The molecule has 0 fully saturated rings. The van der Waals surface area contributed by atoms with Crippen LogP contribution in [0.15, 0.2) is 22.8 Å². The fourth-order valence-corrected chi connectivity index (χ4v) is 1.44. The predicted octanol–water partition coefficient (Wildman–Crippen LogP) is 1.18. The quantitative estimate of drug-likeness (QED) is 0.627. The van der Waals surface area contributed by atoms with Crippen LogP contribution >= 0.6 is 11.6 Å². The Kier molecular flexibility index (Phi) is 2.71. The highest BCUT2D eigenvalue weighted by atomic mass is 35.5. The summed E-state index contributed by atoms with van der Waals surface area (Å²) in [5.74, 6) is 0. The Morgan fingerprint density at radius 2 is 2.09 bits per heavy atom. The van der Waals surface area contributed by atoms with Crippen LogP contribution in [0.4, 0.5) is 0 Å². The Labute approximate surface area is 70.8 Å². The fourth-order valence-electron chi connectivity index (χ4n) is 1.16. The van der Waals surface area contributed by atoms with Gasteiger partial charge in [-0.1, -0.05) is 23.8 Å². The second-order valence-corrected chi connectivity index (χ2v) is 2.98. The molecule has 1 aliphatic carbocycles. The molecule has 2 nitrogen and oxygen atoms in total. The van der Waals surface area contributed by atoms with E-state index in [4.69, 9.17) is 11.6 Å². The van der Waals surface area contributed by atoms with Crippen molar-refractivity contribution in [1.82, 2.24) is 0 Å². The molecule has 0 aromatic heterocycles. The van der Waals surface area contributed by atoms with Crippen molar-refractivity contribution in [3.63, 3.8) is 0 Å². The zero-order valence-corrected chi connectivity index (χ0v) is 7.04. The maximum atomic E-state index is 9.31. The van der Waals surface area contributed by atoms with Gasteiger partial charge in [0.2, 0.25) is 0 Å². The second kappa shape index (κ2) is 3.39. The van der Waals surface area contributed by atoms with Gasteiger partial charge in [0.05, 0.1) is 17.2 Å². The second-order valence-electron chi connectivity index (χ2n) is 2.57. The average Bonchev–Trinajstić information content (AvgIpc) is 2.17. The first-order chi connectivity index (χ1) is 5.16. The van der Waals surface area contributed by atoms with Crippen LogP contribution in [0, 0.1) is 0 Å². The van der Waals surface area contributed by atoms with Gasteiger partial charge in [-0.05, 0) is 12.5 Å². The summed E-state index contributed by atoms with van der Waals surface area (Å²) in [6, 6.07) is 0. The summed E-state index contributed by atoms with van der Waals surface area (Å²) >= 11 is 5.72. The van der Waals surface area contributed by atoms with Crippen molar-refractivity contribution < 1.29 is 10.2 Å². The van der Waals surface area contributed by atoms with Gasteiger partial charge in [0.1, 0.15) is 0 Å². The summed E-state index contributed by atoms with van der Waals surface area (Å²) in [6.45, 7) is 1.84. The van der Waals surface area contributed by atoms with Gasteiger partial charge in [0.15, 0.2) is 0 Å². The molecular formula is C8H11ClO2. The minimum absolute atomic E-state index is 0.318. The highest BCUT2D eigenvalue weighted by molar-refractivity contribution is 6.31. The van der Waals surface area contributed by atoms with Gasteiger partial charge in [-0.25, -0.2) is 0 Å². The summed E-state index contributed by atoms with van der Waals surface area (Å²) in [7, 11) is 0. The number of hydrogen-bond acceptors (Lipinski definition) is 2. The van der Waals surface area contributed by atoms with Crippen LogP contribution in [-0.4, -0.2) is 22.4 Å². The lowest BCUT2D eigenvalue weighted by Gasteiger charge is -2.01. The molecule has 1 aliphatic rings. The van der Waals surface area contributed by atoms with Gasteiger partial charge in [-0.2, -0.15) is 0 Å². The summed E-state index contributed by atoms with van der Waals surface area (Å²) < 4.78 is 0. The lowest BCUT2D eigenvalue weighted by Crippen LogP contribution is -2.07. The zero-order chi connectivity index (χ0) is 8.43. The molecule has 0 aromatic carbocycles. The van der Waals surface area contributed by atoms with Gasteiger partial charge in [-0.15, -0.1) is 0 Å². The molecule has 0 spiro atoms. The summed E-state index contributed by atoms with van der Waals surface area (Å²) in [6.07, 6.45) is 2.55. The molecule has 0 radical (unpaired) electrons. The Morgan fingerprint density at radius 3 is 2.45 bits per heavy atom. The summed E-state index contributed by atoms with van der Waals surface area (Å²) in [4.78, 5) is 0. The third-order valence-electron chi connectivity index (χ3n) is 1.72. The number of halogens is 1. The van der Waals surface area contributed by atoms with Gasteiger partial charge in [-0.3, -0.25) is 0 Å². The van der Waals surface area contributed by atoms with Crippen molar-refractivity contribution in [1.29, 1.82) is 0 Å². The van der Waals surface area contributed by atoms with Crippen LogP contribution < -0.4 is 0 Å². The largest absolute Gasteiger partial charge is 0.388 e. The van der Waals surface area contributed by atoms with E-state index in [1.54, 1.807) is 12.2 Å². The minimum atomic E-state index is -0.683. The molecule has 11 heavy (non-hydrogen) atoms. The Hall–Kier alpha value is -0.310. The molecular weight excluding hydrogens is 164 g/mol. The Bertz CT molecular complexity index is 208. The molecule has 0 saturated carbocycles. The van der Waals surface area contributed by atoms with Crippen molar-refractivity contribution >= 4 is 11.6 Å². The van der Waals surface area contributed by atoms with E-state index in [1.165, 1.54) is 0 Å². The molecule has 0 amide bonds. The number of rotatable bonds is 1. The van der Waals surface area contributed by atoms with Gasteiger partial charge >= 0.3 is 0 Å². The molecule has 0 aromatic rings. The first-order valence-corrected chi connectivity index (χ1v) is 3.93. The summed E-state index contributed by atoms with van der Waals surface area (Å²) in [5.41, 5.74) is 0.640. The standard InChI is InChI=1S/C8H11ClO2/c1-2-3-5-6(10)4-7(11)8(5)9/h2-3,6-7,10-11H,4H2,1H3/b3-2+/t6-,7+/m0/s1. The molecule has 3 heteroatoms. The van der Waals surface area contributed by atoms with Crippen LogP contribution in [0.25, 0.3) is 0 Å². The lowest BCUT2D eigenvalue weighted by atomic mass is 10.2. The van der Waals surface area contributed by atoms with E-state index in [2.05, 4.69) is 0 Å². The molecule has 0 unspecified atom stereocenters. The smallest absolute Gasteiger partial charge is 0.0927 e. The average molecular weight is 175 g/mol. The van der Waals surface area contributed by atoms with Crippen LogP contribution in [0.2, 0.25) is 0 Å². The van der Waals surface area contributed by atoms with E-state index in [0.29, 0.717) is 17.0 Å². The number of allylic oxidation sites excluding steroid dienone is 1. The van der Waals surface area contributed by atoms with Gasteiger partial charge < -0.3 is 10.2 Å². The van der Waals surface area contributed by atoms with Crippen molar-refractivity contribution in [2.45, 2.75) is 25.6 Å². The van der Waals surface area contributed by atoms with E-state index in [0.717, 1.165) is 0 Å². The molecule has 62 valence electrons. The number of aliphatic hydroxyl groups is 2. The van der Waals surface area contributed by atoms with E-state index >= 15 is 0 Å². The number of aliphatic hydroxyl groups excluding tert-OH is 2. The first kappa shape index (κ1) is 8.78. The van der Waals surface area contributed by atoms with Crippen LogP contribution in [0.1, 0.15) is 13.3 Å². The molecule has 0 heterocycles. The van der Waals surface area contributed by atoms with Crippen molar-refractivity contribution in [2.24, 2.45) is 0 Å². The van der Waals surface area contributed by atoms with E-state index in [1.807, 2.05) is 6.92 Å². The normalized spacial score (nSPS) is 32.4. The van der Waals surface area contributed by atoms with Crippen molar-refractivity contribution in [2.75, 3.05) is 0 Å². The molecule has 0 bridgehead atoms. The molecule has 1 rings (SSSR count). The third-order valence-corrected chi connectivity index (χ3v) is 2.19. The highest BCUT2D eigenvalue weighted by Crippen LogP contribution is 2.30. The van der Waals surface area contributed by atoms with E-state index in [9.17, 15) is 10.2 Å². The molecule has 0 saturated heterocycles. The lowest BCUT2D eigenvalue weighted by molar-refractivity contribution is 0.147. The van der Waals surface area contributed by atoms with Crippen molar-refractivity contribution in [3.8, 4) is 0 Å². The van der Waals surface area contributed by atoms with Crippen LogP contribution in [0.3, 0.4) is 0 Å². The van der Waals surface area contributed by atoms with Gasteiger partial charge in [0, 0.05) is 6.42 Å². The van der Waals surface area contributed by atoms with Gasteiger partial charge in [0.25, 0.3) is 0 Å². The zero-order valence-electron chi connectivity index (χ0n) is 6.29. The number of hydrogen-bond donors (Lipinski definition) is 2. The van der Waals surface area contributed by atoms with E-state index < -0.39 is 12.2 Å². The molecule has 2 atom stereocenters. The third kappa shape index (κ3) is 1.64. The van der Waals surface area contributed by atoms with E-state index in [-0.39, 0.29) is 0 Å². The molecule has 2 N–H and O–H groups in total. The highest BCUT2D eigenvalue weighted by Gasteiger charge is 2.28. The Morgan fingerprint density at radius 1 is 1.45 bits per heavy atom.